The van der Waals surface area contributed by atoms with Gasteiger partial charge in [-0.15, -0.1) is 0 Å². The highest BCUT2D eigenvalue weighted by molar-refractivity contribution is 5.48. The largest absolute Gasteiger partial charge is 0.325 e. The van der Waals surface area contributed by atoms with Gasteiger partial charge in [0.2, 0.25) is 6.41 Å². The average Bonchev–Trinajstić information content (AvgIpc) is 1.83. The van der Waals surface area contributed by atoms with E-state index in [0.717, 1.165) is 6.41 Å². The quantitative estimate of drug-likeness (QED) is 0.389. The molecule has 0 fully saturated rings. The fourth-order valence-corrected chi connectivity index (χ4v) is 0.232. The maximum absolute atomic E-state index is 9.85. The summed E-state index contributed by atoms with van der Waals surface area (Å²) in [4.78, 5) is 11.3. The van der Waals surface area contributed by atoms with Crippen LogP contribution < -0.4 is 0 Å². The summed E-state index contributed by atoms with van der Waals surface area (Å²) in [5.74, 6) is 0. The first-order chi connectivity index (χ1) is 3.81. The van der Waals surface area contributed by atoms with Crippen molar-refractivity contribution in [2.24, 2.45) is 0 Å². The highest BCUT2D eigenvalue weighted by Crippen LogP contribution is 1.76. The molecular weight excluding hydrogens is 102 g/mol. The Labute approximate surface area is 49.1 Å². The molecule has 0 rings (SSSR count). The first-order valence-corrected chi connectivity index (χ1v) is 2.27. The number of hydrogen-bond donors (Lipinski definition) is 0. The van der Waals surface area contributed by atoms with E-state index in [9.17, 15) is 4.79 Å². The van der Waals surface area contributed by atoms with Crippen LogP contribution in [0.25, 0.3) is 0 Å². The summed E-state index contributed by atoms with van der Waals surface area (Å²) in [6.45, 7) is 3.44. The molecule has 0 bridgehead atoms. The van der Waals surface area contributed by atoms with Crippen molar-refractivity contribution in [3.8, 4) is 0 Å². The number of amides is 1. The van der Waals surface area contributed by atoms with Crippen molar-refractivity contribution in [1.29, 1.82) is 0 Å². The van der Waals surface area contributed by atoms with Crippen molar-refractivity contribution >= 4 is 6.41 Å². The molecule has 0 aliphatic carbocycles. The van der Waals surface area contributed by atoms with E-state index in [0.29, 0.717) is 0 Å². The molecule has 2 nitrogen and oxygen atoms in total. The summed E-state index contributed by atoms with van der Waals surface area (Å²) in [6, 6.07) is 0. The third kappa shape index (κ3) is 3.15. The van der Waals surface area contributed by atoms with Gasteiger partial charge in [0.05, 0.1) is 0 Å². The highest BCUT2D eigenvalue weighted by atomic mass is 16.1. The maximum atomic E-state index is 9.85. The minimum absolute atomic E-state index is 0.722. The van der Waals surface area contributed by atoms with Crippen LogP contribution >= 0.6 is 0 Å². The molecule has 0 aromatic rings. The van der Waals surface area contributed by atoms with Crippen LogP contribution in [0, 0.1) is 0 Å². The Bertz CT molecular complexity index is 107. The van der Waals surface area contributed by atoms with Crippen LogP contribution in [0.5, 0.6) is 0 Å². The Hall–Kier alpha value is -1.05. The zero-order valence-electron chi connectivity index (χ0n) is 4.87. The van der Waals surface area contributed by atoms with Gasteiger partial charge in [-0.05, 0) is 6.08 Å². The number of rotatable bonds is 3. The molecule has 0 aliphatic heterocycles. The van der Waals surface area contributed by atoms with Crippen LogP contribution in [0.4, 0.5) is 0 Å². The molecule has 0 saturated carbocycles. The fraction of sp³-hybridized carbons (Fsp3) is 0.167. The number of nitrogens with zero attached hydrogens (tertiary/aromatic N) is 1. The highest BCUT2D eigenvalue weighted by Gasteiger charge is 1.77. The van der Waals surface area contributed by atoms with Gasteiger partial charge in [-0.2, -0.15) is 0 Å². The Morgan fingerprint density at radius 1 is 1.62 bits per heavy atom. The van der Waals surface area contributed by atoms with Crippen LogP contribution in [0.2, 0.25) is 0 Å². The van der Waals surface area contributed by atoms with Gasteiger partial charge < -0.3 is 4.90 Å². The zero-order valence-corrected chi connectivity index (χ0v) is 4.87. The lowest BCUT2D eigenvalue weighted by atomic mass is 10.6. The van der Waals surface area contributed by atoms with E-state index in [1.807, 2.05) is 0 Å². The van der Waals surface area contributed by atoms with Gasteiger partial charge in [0.15, 0.2) is 0 Å². The SMILES string of the molecule is C=C/C=C/N(C)C=O. The number of allylic oxidation sites excluding steroid dienone is 2. The molecule has 2 heteroatoms. The third-order valence-corrected chi connectivity index (χ3v) is 0.624. The fourth-order valence-electron chi connectivity index (χ4n) is 0.232. The summed E-state index contributed by atoms with van der Waals surface area (Å²) in [7, 11) is 1.66. The predicted molar refractivity (Wildman–Crippen MR) is 33.2 cm³/mol. The second-order valence-corrected chi connectivity index (χ2v) is 1.35. The number of hydrogen-bond acceptors (Lipinski definition) is 1. The Kier molecular flexibility index (Phi) is 3.58. The first-order valence-electron chi connectivity index (χ1n) is 2.27. The van der Waals surface area contributed by atoms with E-state index in [4.69, 9.17) is 0 Å². The van der Waals surface area contributed by atoms with Gasteiger partial charge in [0.25, 0.3) is 0 Å². The molecule has 0 heterocycles. The molecule has 0 spiro atoms. The molecule has 8 heavy (non-hydrogen) atoms. The smallest absolute Gasteiger partial charge is 0.213 e. The van der Waals surface area contributed by atoms with E-state index in [1.165, 1.54) is 4.90 Å². The zero-order chi connectivity index (χ0) is 6.41. The third-order valence-electron chi connectivity index (χ3n) is 0.624. The molecule has 0 aromatic heterocycles. The molecule has 0 N–H and O–H groups in total. The summed E-state index contributed by atoms with van der Waals surface area (Å²) < 4.78 is 0. The first kappa shape index (κ1) is 6.95. The molecular formula is C6H9NO. The van der Waals surface area contributed by atoms with Crippen molar-refractivity contribution in [1.82, 2.24) is 4.90 Å². The van der Waals surface area contributed by atoms with E-state index in [2.05, 4.69) is 6.58 Å². The van der Waals surface area contributed by atoms with E-state index < -0.39 is 0 Å². The lowest BCUT2D eigenvalue weighted by Gasteiger charge is -1.98. The van der Waals surface area contributed by atoms with Crippen molar-refractivity contribution in [3.05, 3.63) is 24.9 Å². The van der Waals surface area contributed by atoms with Gasteiger partial charge in [0, 0.05) is 13.2 Å². The van der Waals surface area contributed by atoms with Gasteiger partial charge >= 0.3 is 0 Å². The van der Waals surface area contributed by atoms with Gasteiger partial charge in [-0.3, -0.25) is 4.79 Å². The molecule has 0 radical (unpaired) electrons. The predicted octanol–water partition coefficient (Wildman–Crippen LogP) is 0.774. The molecule has 0 saturated heterocycles. The van der Waals surface area contributed by atoms with Crippen molar-refractivity contribution < 1.29 is 4.79 Å². The summed E-state index contributed by atoms with van der Waals surface area (Å²) >= 11 is 0. The van der Waals surface area contributed by atoms with Gasteiger partial charge in [-0.1, -0.05) is 12.7 Å². The Morgan fingerprint density at radius 2 is 2.25 bits per heavy atom. The molecule has 1 amide bonds. The summed E-state index contributed by atoms with van der Waals surface area (Å²) in [6.07, 6.45) is 5.65. The Balaban J connectivity index is 3.50. The molecule has 0 unspecified atom stereocenters. The molecule has 0 aliphatic rings. The number of carbonyl (C=O) groups excluding carboxylic acids is 1. The van der Waals surface area contributed by atoms with Crippen LogP contribution in [-0.2, 0) is 4.79 Å². The minimum atomic E-state index is 0.722. The van der Waals surface area contributed by atoms with Crippen molar-refractivity contribution in [2.75, 3.05) is 7.05 Å². The summed E-state index contributed by atoms with van der Waals surface area (Å²) in [5.41, 5.74) is 0. The molecule has 0 atom stereocenters. The minimum Gasteiger partial charge on any atom is -0.325 e. The van der Waals surface area contributed by atoms with E-state index in [1.54, 1.807) is 25.4 Å². The average molecular weight is 111 g/mol. The van der Waals surface area contributed by atoms with Crippen LogP contribution in [0.3, 0.4) is 0 Å². The standard InChI is InChI=1S/C6H9NO/c1-3-4-5-7(2)6-8/h3-6H,1H2,2H3/b5-4+. The van der Waals surface area contributed by atoms with Gasteiger partial charge in [0.1, 0.15) is 0 Å². The normalized spacial score (nSPS) is 9.12. The monoisotopic (exact) mass is 111 g/mol. The maximum Gasteiger partial charge on any atom is 0.213 e. The van der Waals surface area contributed by atoms with E-state index in [-0.39, 0.29) is 0 Å². The van der Waals surface area contributed by atoms with Crippen LogP contribution in [-0.4, -0.2) is 18.4 Å². The van der Waals surface area contributed by atoms with E-state index >= 15 is 0 Å². The second-order valence-electron chi connectivity index (χ2n) is 1.35. The summed E-state index contributed by atoms with van der Waals surface area (Å²) in [5, 5.41) is 0. The topological polar surface area (TPSA) is 20.3 Å². The van der Waals surface area contributed by atoms with Crippen molar-refractivity contribution in [3.63, 3.8) is 0 Å². The number of carbonyl (C=O) groups is 1. The van der Waals surface area contributed by atoms with Gasteiger partial charge in [-0.25, -0.2) is 0 Å². The second kappa shape index (κ2) is 4.12. The lowest BCUT2D eigenvalue weighted by molar-refractivity contribution is -0.114. The van der Waals surface area contributed by atoms with Crippen molar-refractivity contribution in [2.45, 2.75) is 0 Å². The van der Waals surface area contributed by atoms with Crippen LogP contribution in [0.1, 0.15) is 0 Å². The lowest BCUT2D eigenvalue weighted by Crippen LogP contribution is -2.05. The van der Waals surface area contributed by atoms with Crippen LogP contribution in [0.15, 0.2) is 24.9 Å². The Morgan fingerprint density at radius 3 is 2.62 bits per heavy atom. The molecule has 0 aromatic carbocycles. The molecule has 44 valence electrons.